The summed E-state index contributed by atoms with van der Waals surface area (Å²) in [6.45, 7) is 1.52. The molecular formula is C20H28N4O. The molecule has 2 aromatic rings. The quantitative estimate of drug-likeness (QED) is 0.849. The molecule has 0 spiro atoms. The van der Waals surface area contributed by atoms with Crippen molar-refractivity contribution < 1.29 is 4.79 Å². The van der Waals surface area contributed by atoms with Crippen molar-refractivity contribution in [3.05, 3.63) is 36.5 Å². The number of nitrogens with zero attached hydrogens (tertiary/aromatic N) is 2. The number of para-hydroxylation sites is 1. The summed E-state index contributed by atoms with van der Waals surface area (Å²) in [7, 11) is 4.04. The second kappa shape index (κ2) is 7.83. The first kappa shape index (κ1) is 17.7. The number of benzene rings is 1. The number of anilines is 1. The van der Waals surface area contributed by atoms with Crippen molar-refractivity contribution in [3.63, 3.8) is 0 Å². The zero-order valence-electron chi connectivity index (χ0n) is 15.2. The fraction of sp³-hybridized carbons (Fsp3) is 0.500. The zero-order chi connectivity index (χ0) is 17.7. The first-order chi connectivity index (χ1) is 12.1. The summed E-state index contributed by atoms with van der Waals surface area (Å²) in [5, 5.41) is 7.81. The highest BCUT2D eigenvalue weighted by atomic mass is 16.2. The predicted molar refractivity (Wildman–Crippen MR) is 103 cm³/mol. The number of aromatic nitrogens is 1. The van der Waals surface area contributed by atoms with Gasteiger partial charge in [-0.1, -0.05) is 37.5 Å². The van der Waals surface area contributed by atoms with Crippen molar-refractivity contribution in [2.75, 3.05) is 32.5 Å². The van der Waals surface area contributed by atoms with E-state index in [1.54, 1.807) is 0 Å². The van der Waals surface area contributed by atoms with Crippen molar-refractivity contribution >= 4 is 22.5 Å². The molecule has 5 nitrogen and oxygen atoms in total. The van der Waals surface area contributed by atoms with Gasteiger partial charge in [0.1, 0.15) is 5.54 Å². The number of carbonyl (C=O) groups is 1. The first-order valence-electron chi connectivity index (χ1n) is 9.16. The Bertz CT molecular complexity index is 717. The Balaban J connectivity index is 1.84. The second-order valence-electron chi connectivity index (χ2n) is 7.20. The molecule has 1 amide bonds. The molecule has 0 aliphatic heterocycles. The molecule has 1 heterocycles. The molecule has 2 N–H and O–H groups in total. The average molecular weight is 340 g/mol. The normalized spacial score (nSPS) is 16.8. The summed E-state index contributed by atoms with van der Waals surface area (Å²) in [6, 6.07) is 10.0. The van der Waals surface area contributed by atoms with Gasteiger partial charge in [0.25, 0.3) is 0 Å². The maximum atomic E-state index is 13.0. The minimum absolute atomic E-state index is 0.120. The lowest BCUT2D eigenvalue weighted by atomic mass is 9.80. The zero-order valence-corrected chi connectivity index (χ0v) is 15.2. The van der Waals surface area contributed by atoms with Crippen LogP contribution in [0.25, 0.3) is 10.9 Å². The average Bonchev–Trinajstić information content (AvgIpc) is 2.62. The van der Waals surface area contributed by atoms with Crippen LogP contribution in [-0.4, -0.2) is 48.5 Å². The monoisotopic (exact) mass is 340 g/mol. The van der Waals surface area contributed by atoms with Crippen molar-refractivity contribution in [1.82, 2.24) is 15.2 Å². The molecule has 3 rings (SSSR count). The van der Waals surface area contributed by atoms with E-state index in [0.29, 0.717) is 6.54 Å². The van der Waals surface area contributed by atoms with Gasteiger partial charge in [-0.2, -0.15) is 0 Å². The minimum Gasteiger partial charge on any atom is -0.371 e. The number of nitrogens with one attached hydrogen (secondary N) is 2. The molecule has 0 unspecified atom stereocenters. The molecule has 1 aliphatic carbocycles. The lowest BCUT2D eigenvalue weighted by molar-refractivity contribution is -0.126. The molecule has 0 radical (unpaired) electrons. The molecule has 0 saturated heterocycles. The summed E-state index contributed by atoms with van der Waals surface area (Å²) in [5.41, 5.74) is 1.43. The topological polar surface area (TPSA) is 57.3 Å². The maximum Gasteiger partial charge on any atom is 0.245 e. The second-order valence-corrected chi connectivity index (χ2v) is 7.20. The molecule has 0 atom stereocenters. The van der Waals surface area contributed by atoms with Crippen LogP contribution in [0.5, 0.6) is 0 Å². The Morgan fingerprint density at radius 1 is 1.16 bits per heavy atom. The molecule has 1 aromatic heterocycles. The molecular weight excluding hydrogens is 312 g/mol. The fourth-order valence-corrected chi connectivity index (χ4v) is 3.59. The number of hydrogen-bond donors (Lipinski definition) is 2. The number of hydrogen-bond acceptors (Lipinski definition) is 4. The van der Waals surface area contributed by atoms with Gasteiger partial charge in [0.05, 0.1) is 5.52 Å². The van der Waals surface area contributed by atoms with Crippen LogP contribution in [0.15, 0.2) is 36.5 Å². The summed E-state index contributed by atoms with van der Waals surface area (Å²) < 4.78 is 0. The molecule has 134 valence electrons. The van der Waals surface area contributed by atoms with E-state index < -0.39 is 5.54 Å². The third kappa shape index (κ3) is 4.10. The van der Waals surface area contributed by atoms with Gasteiger partial charge < -0.3 is 15.5 Å². The highest BCUT2D eigenvalue weighted by Gasteiger charge is 2.39. The third-order valence-electron chi connectivity index (χ3n) is 5.01. The SMILES string of the molecule is CN(C)CCNC(=O)C1(Nc2ccnc3ccccc23)CCCCC1. The number of amides is 1. The third-order valence-corrected chi connectivity index (χ3v) is 5.01. The van der Waals surface area contributed by atoms with Crippen LogP contribution >= 0.6 is 0 Å². The van der Waals surface area contributed by atoms with Crippen LogP contribution in [-0.2, 0) is 4.79 Å². The highest BCUT2D eigenvalue weighted by Crippen LogP contribution is 2.34. The van der Waals surface area contributed by atoms with Crippen LogP contribution in [0.4, 0.5) is 5.69 Å². The largest absolute Gasteiger partial charge is 0.371 e. The van der Waals surface area contributed by atoms with E-state index >= 15 is 0 Å². The van der Waals surface area contributed by atoms with Crippen LogP contribution in [0.3, 0.4) is 0 Å². The van der Waals surface area contributed by atoms with Gasteiger partial charge in [-0.3, -0.25) is 9.78 Å². The Labute approximate surface area is 149 Å². The lowest BCUT2D eigenvalue weighted by Gasteiger charge is -2.38. The van der Waals surface area contributed by atoms with Crippen molar-refractivity contribution in [2.45, 2.75) is 37.6 Å². The van der Waals surface area contributed by atoms with Gasteiger partial charge in [0, 0.05) is 30.4 Å². The van der Waals surface area contributed by atoms with Gasteiger partial charge in [-0.05, 0) is 39.1 Å². The van der Waals surface area contributed by atoms with Crippen molar-refractivity contribution in [1.29, 1.82) is 0 Å². The van der Waals surface area contributed by atoms with Gasteiger partial charge >= 0.3 is 0 Å². The van der Waals surface area contributed by atoms with Gasteiger partial charge in [-0.25, -0.2) is 0 Å². The van der Waals surface area contributed by atoms with Crippen LogP contribution in [0.1, 0.15) is 32.1 Å². The van der Waals surface area contributed by atoms with Gasteiger partial charge in [0.15, 0.2) is 0 Å². The van der Waals surface area contributed by atoms with E-state index in [4.69, 9.17) is 0 Å². The van der Waals surface area contributed by atoms with E-state index in [1.165, 1.54) is 6.42 Å². The van der Waals surface area contributed by atoms with E-state index in [2.05, 4.69) is 26.6 Å². The van der Waals surface area contributed by atoms with Crippen LogP contribution in [0, 0.1) is 0 Å². The summed E-state index contributed by atoms with van der Waals surface area (Å²) >= 11 is 0. The van der Waals surface area contributed by atoms with E-state index in [-0.39, 0.29) is 5.91 Å². The minimum atomic E-state index is -0.519. The number of rotatable bonds is 6. The van der Waals surface area contributed by atoms with Crippen LogP contribution < -0.4 is 10.6 Å². The standard InChI is InChI=1S/C20H28N4O/c1-24(2)15-14-22-19(25)20(11-6-3-7-12-20)23-18-10-13-21-17-9-5-4-8-16(17)18/h4-5,8-10,13H,3,6-7,11-12,14-15H2,1-2H3,(H,21,23)(H,22,25). The summed E-state index contributed by atoms with van der Waals surface area (Å²) in [5.74, 6) is 0.120. The fourth-order valence-electron chi connectivity index (χ4n) is 3.59. The summed E-state index contributed by atoms with van der Waals surface area (Å²) in [6.07, 6.45) is 6.92. The molecule has 0 bridgehead atoms. The highest BCUT2D eigenvalue weighted by molar-refractivity contribution is 5.95. The van der Waals surface area contributed by atoms with Gasteiger partial charge in [0.2, 0.25) is 5.91 Å². The van der Waals surface area contributed by atoms with Crippen molar-refractivity contribution in [3.8, 4) is 0 Å². The Hall–Kier alpha value is -2.14. The molecule has 5 heteroatoms. The van der Waals surface area contributed by atoms with E-state index in [0.717, 1.165) is 48.8 Å². The molecule has 1 saturated carbocycles. The Morgan fingerprint density at radius 2 is 1.92 bits per heavy atom. The Kier molecular flexibility index (Phi) is 5.53. The van der Waals surface area contributed by atoms with E-state index in [9.17, 15) is 4.79 Å². The van der Waals surface area contributed by atoms with Crippen molar-refractivity contribution in [2.24, 2.45) is 0 Å². The maximum absolute atomic E-state index is 13.0. The molecule has 1 fully saturated rings. The number of carbonyl (C=O) groups excluding carboxylic acids is 1. The number of pyridine rings is 1. The molecule has 1 aromatic carbocycles. The number of fused-ring (bicyclic) bond motifs is 1. The molecule has 25 heavy (non-hydrogen) atoms. The predicted octanol–water partition coefficient (Wildman–Crippen LogP) is 3.03. The number of likely N-dealkylation sites (N-methyl/N-ethyl adjacent to an activating group) is 1. The van der Waals surface area contributed by atoms with E-state index in [1.807, 2.05) is 44.6 Å². The smallest absolute Gasteiger partial charge is 0.245 e. The lowest BCUT2D eigenvalue weighted by Crippen LogP contribution is -2.54. The van der Waals surface area contributed by atoms with Gasteiger partial charge in [-0.15, -0.1) is 0 Å². The van der Waals surface area contributed by atoms with Crippen LogP contribution in [0.2, 0.25) is 0 Å². The summed E-state index contributed by atoms with van der Waals surface area (Å²) in [4.78, 5) is 19.5. The molecule has 1 aliphatic rings. The first-order valence-corrected chi connectivity index (χ1v) is 9.16. The Morgan fingerprint density at radius 3 is 2.68 bits per heavy atom.